The van der Waals surface area contributed by atoms with Crippen LogP contribution in [0.3, 0.4) is 0 Å². The first-order valence-corrected chi connectivity index (χ1v) is 18.0. The van der Waals surface area contributed by atoms with Crippen molar-refractivity contribution in [3.05, 3.63) is 68.3 Å². The van der Waals surface area contributed by atoms with E-state index in [9.17, 15) is 0 Å². The molecule has 2 aromatic rings. The molecule has 4 aliphatic rings. The van der Waals surface area contributed by atoms with Gasteiger partial charge in [-0.15, -0.1) is 0 Å². The van der Waals surface area contributed by atoms with E-state index in [1.807, 2.05) is 5.56 Å². The lowest BCUT2D eigenvalue weighted by atomic mass is 9.59. The minimum Gasteiger partial charge on any atom is -0.0651 e. The Morgan fingerprint density at radius 3 is 2.27 bits per heavy atom. The average Bonchev–Trinajstić information content (AvgIpc) is 2.98. The van der Waals surface area contributed by atoms with E-state index in [1.54, 1.807) is 44.5 Å². The summed E-state index contributed by atoms with van der Waals surface area (Å²) in [4.78, 5) is 0. The van der Waals surface area contributed by atoms with E-state index >= 15 is 0 Å². The Hall–Kier alpha value is -1.56. The van der Waals surface area contributed by atoms with Gasteiger partial charge in [-0.1, -0.05) is 85.4 Å². The molecule has 0 bridgehead atoms. The molecule has 0 radical (unpaired) electrons. The van der Waals surface area contributed by atoms with Gasteiger partial charge in [0.05, 0.1) is 0 Å². The van der Waals surface area contributed by atoms with E-state index in [1.165, 1.54) is 70.6 Å². The molecule has 2 saturated carbocycles. The maximum atomic E-state index is 2.63. The van der Waals surface area contributed by atoms with Crippen molar-refractivity contribution in [2.24, 2.45) is 35.5 Å². The highest BCUT2D eigenvalue weighted by molar-refractivity contribution is 5.63. The number of aryl methyl sites for hydroxylation is 1. The Balaban J connectivity index is 1.33. The summed E-state index contributed by atoms with van der Waals surface area (Å²) in [5, 5.41) is 0. The first kappa shape index (κ1) is 29.5. The van der Waals surface area contributed by atoms with Gasteiger partial charge in [0.1, 0.15) is 0 Å². The Morgan fingerprint density at radius 1 is 0.732 bits per heavy atom. The molecule has 224 valence electrons. The topological polar surface area (TPSA) is 0 Å². The van der Waals surface area contributed by atoms with Crippen LogP contribution in [0.2, 0.25) is 0 Å². The van der Waals surface area contributed by atoms with E-state index in [-0.39, 0.29) is 0 Å². The lowest BCUT2D eigenvalue weighted by Crippen LogP contribution is -2.37. The summed E-state index contributed by atoms with van der Waals surface area (Å²) in [7, 11) is 0. The third kappa shape index (κ3) is 5.06. The van der Waals surface area contributed by atoms with Crippen LogP contribution in [0.15, 0.2) is 18.2 Å². The monoisotopic (exact) mass is 552 g/mol. The summed E-state index contributed by atoms with van der Waals surface area (Å²) >= 11 is 0. The molecule has 41 heavy (non-hydrogen) atoms. The number of benzene rings is 2. The smallest absolute Gasteiger partial charge is 0.00724 e. The molecule has 0 spiro atoms. The second-order valence-electron chi connectivity index (χ2n) is 15.6. The van der Waals surface area contributed by atoms with Crippen LogP contribution < -0.4 is 0 Å². The molecule has 2 aromatic carbocycles. The Morgan fingerprint density at radius 2 is 1.51 bits per heavy atom. The van der Waals surface area contributed by atoms with Crippen molar-refractivity contribution in [3.8, 4) is 0 Å². The zero-order valence-corrected chi connectivity index (χ0v) is 27.9. The van der Waals surface area contributed by atoms with Crippen LogP contribution in [0, 0.1) is 49.4 Å². The molecule has 9 unspecified atom stereocenters. The maximum absolute atomic E-state index is 2.63. The zero-order valence-electron chi connectivity index (χ0n) is 27.9. The van der Waals surface area contributed by atoms with Gasteiger partial charge in [-0.25, -0.2) is 0 Å². The Kier molecular flexibility index (Phi) is 8.53. The van der Waals surface area contributed by atoms with Gasteiger partial charge in [0.2, 0.25) is 0 Å². The van der Waals surface area contributed by atoms with Crippen LogP contribution in [-0.2, 0) is 12.8 Å². The van der Waals surface area contributed by atoms with Crippen molar-refractivity contribution in [3.63, 3.8) is 0 Å². The van der Waals surface area contributed by atoms with Gasteiger partial charge in [-0.3, -0.25) is 0 Å². The standard InChI is InChI=1S/C41H60/c1-9-30-14-11-16-33(21-30)37-23-31(20-24(3)25(37)4)22-34-17-13-19-36-27(6)38-26(5)35-18-12-15-32(10-2)40(35)28(7)39(38)29(8)41(34)36/h12,15,18,24-26,28,30-31,33-34,37H,9-11,13-14,16-17,19-23H2,1-8H3. The molecule has 0 N–H and O–H groups in total. The molecule has 9 atom stereocenters. The molecule has 0 aliphatic heterocycles. The molecule has 0 amide bonds. The van der Waals surface area contributed by atoms with Gasteiger partial charge in [-0.2, -0.15) is 0 Å². The van der Waals surface area contributed by atoms with Crippen LogP contribution in [0.1, 0.15) is 174 Å². The maximum Gasteiger partial charge on any atom is 0.00724 e. The Labute approximate surface area is 253 Å². The fourth-order valence-corrected chi connectivity index (χ4v) is 11.3. The lowest BCUT2D eigenvalue weighted by molar-refractivity contribution is 0.0476. The van der Waals surface area contributed by atoms with Gasteiger partial charge < -0.3 is 0 Å². The van der Waals surface area contributed by atoms with Gasteiger partial charge in [0.15, 0.2) is 0 Å². The van der Waals surface area contributed by atoms with Crippen molar-refractivity contribution in [2.75, 3.05) is 0 Å². The number of hydrogen-bond donors (Lipinski definition) is 0. The molecule has 0 heteroatoms. The molecule has 6 rings (SSSR count). The molecule has 2 fully saturated rings. The molecule has 0 saturated heterocycles. The lowest BCUT2D eigenvalue weighted by Gasteiger charge is -2.46. The van der Waals surface area contributed by atoms with E-state index in [4.69, 9.17) is 0 Å². The zero-order chi connectivity index (χ0) is 29.0. The highest BCUT2D eigenvalue weighted by Crippen LogP contribution is 2.54. The van der Waals surface area contributed by atoms with Gasteiger partial charge in [-0.05, 0) is 157 Å². The van der Waals surface area contributed by atoms with Crippen molar-refractivity contribution in [1.29, 1.82) is 0 Å². The van der Waals surface area contributed by atoms with E-state index in [2.05, 4.69) is 73.6 Å². The van der Waals surface area contributed by atoms with Crippen LogP contribution in [0.5, 0.6) is 0 Å². The molecule has 0 nitrogen and oxygen atoms in total. The fourth-order valence-electron chi connectivity index (χ4n) is 11.3. The first-order valence-electron chi connectivity index (χ1n) is 18.0. The largest absolute Gasteiger partial charge is 0.0651 e. The normalized spacial score (nSPS) is 35.0. The van der Waals surface area contributed by atoms with Crippen LogP contribution in [0.4, 0.5) is 0 Å². The highest BCUT2D eigenvalue weighted by atomic mass is 14.5. The SMILES string of the molecule is CCc1cccc2c1C(C)c1c(C)c3c(c(C)c1C2C)CCCC3CC1CC(C)C(C)C(C2CCCC(CC)C2)C1. The van der Waals surface area contributed by atoms with Crippen LogP contribution in [0.25, 0.3) is 0 Å². The highest BCUT2D eigenvalue weighted by Gasteiger charge is 2.41. The number of rotatable bonds is 5. The molecule has 4 aliphatic carbocycles. The number of fused-ring (bicyclic) bond motifs is 3. The molecular formula is C41H60. The minimum absolute atomic E-state index is 0.510. The first-order chi connectivity index (χ1) is 19.7. The molecule has 0 aromatic heterocycles. The minimum atomic E-state index is 0.510. The van der Waals surface area contributed by atoms with E-state index < -0.39 is 0 Å². The summed E-state index contributed by atoms with van der Waals surface area (Å²) in [6.45, 7) is 20.1. The predicted molar refractivity (Wildman–Crippen MR) is 177 cm³/mol. The van der Waals surface area contributed by atoms with E-state index in [0.29, 0.717) is 11.8 Å². The fraction of sp³-hybridized carbons (Fsp3) is 0.707. The van der Waals surface area contributed by atoms with Crippen LogP contribution >= 0.6 is 0 Å². The van der Waals surface area contributed by atoms with E-state index in [0.717, 1.165) is 47.8 Å². The average molecular weight is 553 g/mol. The van der Waals surface area contributed by atoms with Gasteiger partial charge >= 0.3 is 0 Å². The van der Waals surface area contributed by atoms with Crippen molar-refractivity contribution in [2.45, 2.75) is 150 Å². The summed E-state index contributed by atoms with van der Waals surface area (Å²) in [5.41, 5.74) is 15.2. The van der Waals surface area contributed by atoms with Crippen molar-refractivity contribution >= 4 is 0 Å². The quantitative estimate of drug-likeness (QED) is 0.346. The van der Waals surface area contributed by atoms with Crippen molar-refractivity contribution < 1.29 is 0 Å². The summed E-state index contributed by atoms with van der Waals surface area (Å²) < 4.78 is 0. The molecular weight excluding hydrogens is 492 g/mol. The Bertz CT molecular complexity index is 1250. The summed E-state index contributed by atoms with van der Waals surface area (Å²) in [6.07, 6.45) is 17.1. The third-order valence-electron chi connectivity index (χ3n) is 13.6. The summed E-state index contributed by atoms with van der Waals surface area (Å²) in [5.74, 6) is 7.49. The second kappa shape index (κ2) is 11.8. The second-order valence-corrected chi connectivity index (χ2v) is 15.6. The summed E-state index contributed by atoms with van der Waals surface area (Å²) in [6, 6.07) is 7.15. The van der Waals surface area contributed by atoms with Gasteiger partial charge in [0, 0.05) is 11.8 Å². The van der Waals surface area contributed by atoms with Crippen molar-refractivity contribution in [1.82, 2.24) is 0 Å². The molecule has 0 heterocycles. The number of hydrogen-bond acceptors (Lipinski definition) is 0. The van der Waals surface area contributed by atoms with Crippen LogP contribution in [-0.4, -0.2) is 0 Å². The third-order valence-corrected chi connectivity index (χ3v) is 13.6. The predicted octanol–water partition coefficient (Wildman–Crippen LogP) is 11.8. The van der Waals surface area contributed by atoms with Gasteiger partial charge in [0.25, 0.3) is 0 Å².